The van der Waals surface area contributed by atoms with Gasteiger partial charge in [-0.25, -0.2) is 4.39 Å². The summed E-state index contributed by atoms with van der Waals surface area (Å²) < 4.78 is 18.5. The van der Waals surface area contributed by atoms with Gasteiger partial charge in [-0.15, -0.1) is 0 Å². The molecule has 5 nitrogen and oxygen atoms in total. The Morgan fingerprint density at radius 1 is 1.33 bits per heavy atom. The molecule has 1 saturated carbocycles. The average molecular weight is 329 g/mol. The SMILES string of the molecule is Cc1noc([C@@H]2CCCN(C(=O)C3(c4ccc(F)cc4)CC3)C2)n1. The zero-order valence-electron chi connectivity index (χ0n) is 13.7. The van der Waals surface area contributed by atoms with Crippen LogP contribution in [0.15, 0.2) is 28.8 Å². The highest BCUT2D eigenvalue weighted by Crippen LogP contribution is 2.50. The maximum absolute atomic E-state index is 13.2. The van der Waals surface area contributed by atoms with E-state index in [1.165, 1.54) is 12.1 Å². The van der Waals surface area contributed by atoms with Crippen LogP contribution in [0.3, 0.4) is 0 Å². The van der Waals surface area contributed by atoms with Gasteiger partial charge in [0.15, 0.2) is 5.82 Å². The smallest absolute Gasteiger partial charge is 0.233 e. The van der Waals surface area contributed by atoms with Crippen LogP contribution in [0.1, 0.15) is 48.9 Å². The first-order chi connectivity index (χ1) is 11.6. The number of hydrogen-bond acceptors (Lipinski definition) is 4. The monoisotopic (exact) mass is 329 g/mol. The first-order valence-corrected chi connectivity index (χ1v) is 8.44. The van der Waals surface area contributed by atoms with Crippen LogP contribution in [0.4, 0.5) is 4.39 Å². The van der Waals surface area contributed by atoms with Crippen molar-refractivity contribution in [1.29, 1.82) is 0 Å². The van der Waals surface area contributed by atoms with Gasteiger partial charge in [0, 0.05) is 13.1 Å². The highest BCUT2D eigenvalue weighted by molar-refractivity contribution is 5.91. The van der Waals surface area contributed by atoms with E-state index in [2.05, 4.69) is 10.1 Å². The van der Waals surface area contributed by atoms with Crippen LogP contribution >= 0.6 is 0 Å². The Hall–Kier alpha value is -2.24. The quantitative estimate of drug-likeness (QED) is 0.869. The fourth-order valence-electron chi connectivity index (χ4n) is 3.66. The maximum atomic E-state index is 13.2. The third kappa shape index (κ3) is 2.60. The van der Waals surface area contributed by atoms with Crippen molar-refractivity contribution in [2.24, 2.45) is 0 Å². The van der Waals surface area contributed by atoms with Crippen LogP contribution in [-0.2, 0) is 10.2 Å². The van der Waals surface area contributed by atoms with E-state index in [1.807, 2.05) is 4.90 Å². The van der Waals surface area contributed by atoms with E-state index >= 15 is 0 Å². The minimum Gasteiger partial charge on any atom is -0.341 e. The van der Waals surface area contributed by atoms with Crippen LogP contribution in [-0.4, -0.2) is 34.0 Å². The van der Waals surface area contributed by atoms with Gasteiger partial charge >= 0.3 is 0 Å². The highest BCUT2D eigenvalue weighted by Gasteiger charge is 2.53. The molecule has 0 N–H and O–H groups in total. The van der Waals surface area contributed by atoms with Gasteiger partial charge in [0.05, 0.1) is 11.3 Å². The highest BCUT2D eigenvalue weighted by atomic mass is 19.1. The van der Waals surface area contributed by atoms with Gasteiger partial charge in [0.2, 0.25) is 11.8 Å². The Morgan fingerprint density at radius 2 is 2.08 bits per heavy atom. The molecule has 1 aromatic carbocycles. The Balaban J connectivity index is 1.52. The molecule has 2 fully saturated rings. The van der Waals surface area contributed by atoms with Crippen molar-refractivity contribution >= 4 is 5.91 Å². The second kappa shape index (κ2) is 5.69. The number of carbonyl (C=O) groups is 1. The third-order valence-corrected chi connectivity index (χ3v) is 5.16. The van der Waals surface area contributed by atoms with Crippen molar-refractivity contribution in [3.63, 3.8) is 0 Å². The third-order valence-electron chi connectivity index (χ3n) is 5.16. The van der Waals surface area contributed by atoms with Gasteiger partial charge in [0.1, 0.15) is 5.82 Å². The lowest BCUT2D eigenvalue weighted by Crippen LogP contribution is -2.44. The van der Waals surface area contributed by atoms with Gasteiger partial charge in [-0.3, -0.25) is 4.79 Å². The van der Waals surface area contributed by atoms with E-state index in [4.69, 9.17) is 4.52 Å². The second-order valence-corrected chi connectivity index (χ2v) is 6.86. The molecule has 0 unspecified atom stereocenters. The number of aryl methyl sites for hydroxylation is 1. The van der Waals surface area contributed by atoms with Crippen molar-refractivity contribution in [2.75, 3.05) is 13.1 Å². The number of carbonyl (C=O) groups excluding carboxylic acids is 1. The maximum Gasteiger partial charge on any atom is 0.233 e. The van der Waals surface area contributed by atoms with Crippen molar-refractivity contribution in [3.05, 3.63) is 47.4 Å². The van der Waals surface area contributed by atoms with Crippen LogP contribution in [0.25, 0.3) is 0 Å². The summed E-state index contributed by atoms with van der Waals surface area (Å²) in [6.07, 6.45) is 3.54. The summed E-state index contributed by atoms with van der Waals surface area (Å²) in [7, 11) is 0. The van der Waals surface area contributed by atoms with E-state index in [9.17, 15) is 9.18 Å². The predicted octanol–water partition coefficient (Wildman–Crippen LogP) is 2.95. The van der Waals surface area contributed by atoms with E-state index in [-0.39, 0.29) is 17.6 Å². The van der Waals surface area contributed by atoms with Gasteiger partial charge in [0.25, 0.3) is 0 Å². The number of nitrogens with zero attached hydrogens (tertiary/aromatic N) is 3. The molecule has 1 aliphatic heterocycles. The number of likely N-dealkylation sites (tertiary alicyclic amines) is 1. The molecular weight excluding hydrogens is 309 g/mol. The van der Waals surface area contributed by atoms with Crippen molar-refractivity contribution < 1.29 is 13.7 Å². The topological polar surface area (TPSA) is 59.2 Å². The van der Waals surface area contributed by atoms with E-state index in [1.54, 1.807) is 19.1 Å². The van der Waals surface area contributed by atoms with E-state index in [0.29, 0.717) is 18.3 Å². The lowest BCUT2D eigenvalue weighted by Gasteiger charge is -2.34. The summed E-state index contributed by atoms with van der Waals surface area (Å²) in [5.41, 5.74) is 0.463. The standard InChI is InChI=1S/C18H20FN3O2/c1-12-20-16(24-21-12)13-3-2-10-22(11-13)17(23)18(8-9-18)14-4-6-15(19)7-5-14/h4-7,13H,2-3,8-11H2,1H3/t13-/m1/s1. The molecule has 0 radical (unpaired) electrons. The number of benzene rings is 1. The lowest BCUT2D eigenvalue weighted by atomic mass is 9.91. The Kier molecular flexibility index (Phi) is 3.62. The zero-order chi connectivity index (χ0) is 16.7. The molecule has 1 aliphatic carbocycles. The van der Waals surface area contributed by atoms with Gasteiger partial charge in [-0.05, 0) is 50.3 Å². The van der Waals surface area contributed by atoms with E-state index in [0.717, 1.165) is 37.8 Å². The molecular formula is C18H20FN3O2. The molecule has 24 heavy (non-hydrogen) atoms. The Morgan fingerprint density at radius 3 is 2.71 bits per heavy atom. The molecule has 126 valence electrons. The number of hydrogen-bond donors (Lipinski definition) is 0. The summed E-state index contributed by atoms with van der Waals surface area (Å²) in [4.78, 5) is 19.4. The molecule has 1 amide bonds. The van der Waals surface area contributed by atoms with E-state index < -0.39 is 5.41 Å². The van der Waals surface area contributed by atoms with Gasteiger partial charge < -0.3 is 9.42 Å². The molecule has 4 rings (SSSR count). The molecule has 1 saturated heterocycles. The summed E-state index contributed by atoms with van der Waals surface area (Å²) in [5, 5.41) is 3.85. The molecule has 2 aromatic rings. The number of piperidine rings is 1. The Bertz CT molecular complexity index is 752. The molecule has 1 aromatic heterocycles. The summed E-state index contributed by atoms with van der Waals surface area (Å²) in [6, 6.07) is 6.35. The lowest BCUT2D eigenvalue weighted by molar-refractivity contribution is -0.135. The van der Waals surface area contributed by atoms with Crippen LogP contribution in [0.2, 0.25) is 0 Å². The molecule has 6 heteroatoms. The minimum absolute atomic E-state index is 0.105. The number of aromatic nitrogens is 2. The number of amides is 1. The van der Waals surface area contributed by atoms with Crippen LogP contribution < -0.4 is 0 Å². The number of halogens is 1. The molecule has 1 atom stereocenters. The zero-order valence-corrected chi connectivity index (χ0v) is 13.7. The molecule has 0 bridgehead atoms. The van der Waals surface area contributed by atoms with Crippen LogP contribution in [0, 0.1) is 12.7 Å². The fraction of sp³-hybridized carbons (Fsp3) is 0.500. The molecule has 0 spiro atoms. The summed E-state index contributed by atoms with van der Waals surface area (Å²) in [6.45, 7) is 3.17. The van der Waals surface area contributed by atoms with Gasteiger partial charge in [-0.1, -0.05) is 17.3 Å². The predicted molar refractivity (Wildman–Crippen MR) is 84.9 cm³/mol. The van der Waals surface area contributed by atoms with Gasteiger partial charge in [-0.2, -0.15) is 4.98 Å². The second-order valence-electron chi connectivity index (χ2n) is 6.86. The van der Waals surface area contributed by atoms with Crippen LogP contribution in [0.5, 0.6) is 0 Å². The fourth-order valence-corrected chi connectivity index (χ4v) is 3.66. The summed E-state index contributed by atoms with van der Waals surface area (Å²) >= 11 is 0. The summed E-state index contributed by atoms with van der Waals surface area (Å²) in [5.74, 6) is 1.23. The first kappa shape index (κ1) is 15.3. The van der Waals surface area contributed by atoms with Crippen molar-refractivity contribution in [3.8, 4) is 0 Å². The molecule has 2 heterocycles. The van der Waals surface area contributed by atoms with Crippen molar-refractivity contribution in [2.45, 2.75) is 43.9 Å². The largest absolute Gasteiger partial charge is 0.341 e. The molecule has 2 aliphatic rings. The van der Waals surface area contributed by atoms with Crippen molar-refractivity contribution in [1.82, 2.24) is 15.0 Å². The number of rotatable bonds is 3. The first-order valence-electron chi connectivity index (χ1n) is 8.44. The Labute approximate surface area is 139 Å². The average Bonchev–Trinajstić information content (AvgIpc) is 3.30. The normalized spacial score (nSPS) is 22.4. The minimum atomic E-state index is -0.458.